The van der Waals surface area contributed by atoms with Gasteiger partial charge in [-0.15, -0.1) is 0 Å². The van der Waals surface area contributed by atoms with E-state index >= 15 is 0 Å². The molecule has 0 amide bonds. The summed E-state index contributed by atoms with van der Waals surface area (Å²) in [4.78, 5) is 2.31. The normalized spacial score (nSPS) is 23.8. The lowest BCUT2D eigenvalue weighted by Crippen LogP contribution is -2.45. The molecule has 0 aromatic heterocycles. The third kappa shape index (κ3) is 1.71. The second-order valence-electron chi connectivity index (χ2n) is 5.38. The van der Waals surface area contributed by atoms with Crippen molar-refractivity contribution in [1.29, 1.82) is 0 Å². The number of anilines is 1. The summed E-state index contributed by atoms with van der Waals surface area (Å²) >= 11 is 0. The van der Waals surface area contributed by atoms with E-state index < -0.39 is 0 Å². The fourth-order valence-corrected chi connectivity index (χ4v) is 2.43. The molecule has 1 aliphatic rings. The molecule has 2 heteroatoms. The SMILES string of the molecule is Cc1ccc(N2CCC(O)C2(C)C)cc1C. The van der Waals surface area contributed by atoms with Gasteiger partial charge in [-0.1, -0.05) is 6.07 Å². The molecule has 1 aromatic rings. The summed E-state index contributed by atoms with van der Waals surface area (Å²) in [5, 5.41) is 9.97. The molecule has 0 radical (unpaired) electrons. The Bertz CT molecular complexity index is 398. The molecule has 1 aliphatic heterocycles. The Morgan fingerprint density at radius 3 is 2.44 bits per heavy atom. The van der Waals surface area contributed by atoms with Crippen LogP contribution in [0.3, 0.4) is 0 Å². The molecule has 1 atom stereocenters. The number of benzene rings is 1. The van der Waals surface area contributed by atoms with E-state index in [1.54, 1.807) is 0 Å². The number of rotatable bonds is 1. The molecule has 0 spiro atoms. The Labute approximate surface area is 97.9 Å². The quantitative estimate of drug-likeness (QED) is 0.785. The van der Waals surface area contributed by atoms with Gasteiger partial charge >= 0.3 is 0 Å². The zero-order chi connectivity index (χ0) is 11.9. The van der Waals surface area contributed by atoms with E-state index in [0.29, 0.717) is 0 Å². The van der Waals surface area contributed by atoms with Crippen LogP contribution in [0.15, 0.2) is 18.2 Å². The van der Waals surface area contributed by atoms with Crippen LogP contribution >= 0.6 is 0 Å². The summed E-state index contributed by atoms with van der Waals surface area (Å²) < 4.78 is 0. The Kier molecular flexibility index (Phi) is 2.70. The molecule has 1 aromatic carbocycles. The van der Waals surface area contributed by atoms with Crippen LogP contribution in [0, 0.1) is 13.8 Å². The lowest BCUT2D eigenvalue weighted by molar-refractivity contribution is 0.127. The molecule has 1 heterocycles. The average molecular weight is 219 g/mol. The van der Waals surface area contributed by atoms with Gasteiger partial charge in [0.25, 0.3) is 0 Å². The summed E-state index contributed by atoms with van der Waals surface area (Å²) in [5.74, 6) is 0. The van der Waals surface area contributed by atoms with Crippen molar-refractivity contribution in [1.82, 2.24) is 0 Å². The summed E-state index contributed by atoms with van der Waals surface area (Å²) in [6.45, 7) is 9.43. The minimum atomic E-state index is -0.228. The van der Waals surface area contributed by atoms with Crippen LogP contribution in [0.1, 0.15) is 31.4 Å². The third-order valence-electron chi connectivity index (χ3n) is 3.94. The highest BCUT2D eigenvalue weighted by Gasteiger charge is 2.40. The van der Waals surface area contributed by atoms with Crippen LogP contribution in [0.5, 0.6) is 0 Å². The number of aliphatic hydroxyl groups is 1. The highest BCUT2D eigenvalue weighted by Crippen LogP contribution is 2.34. The molecule has 0 saturated carbocycles. The van der Waals surface area contributed by atoms with Gasteiger partial charge in [0, 0.05) is 12.2 Å². The smallest absolute Gasteiger partial charge is 0.0783 e. The third-order valence-corrected chi connectivity index (χ3v) is 3.94. The van der Waals surface area contributed by atoms with Gasteiger partial charge in [0.2, 0.25) is 0 Å². The largest absolute Gasteiger partial charge is 0.391 e. The van der Waals surface area contributed by atoms with Crippen molar-refractivity contribution in [2.45, 2.75) is 45.8 Å². The number of nitrogens with zero attached hydrogens (tertiary/aromatic N) is 1. The van der Waals surface area contributed by atoms with Gasteiger partial charge in [-0.25, -0.2) is 0 Å². The van der Waals surface area contributed by atoms with Crippen molar-refractivity contribution in [2.75, 3.05) is 11.4 Å². The zero-order valence-electron chi connectivity index (χ0n) is 10.6. The molecule has 1 fully saturated rings. The van der Waals surface area contributed by atoms with E-state index in [4.69, 9.17) is 0 Å². The molecular formula is C14H21NO. The minimum Gasteiger partial charge on any atom is -0.391 e. The first-order chi connectivity index (χ1) is 7.43. The Morgan fingerprint density at radius 1 is 1.25 bits per heavy atom. The first-order valence-corrected chi connectivity index (χ1v) is 5.96. The maximum Gasteiger partial charge on any atom is 0.0783 e. The van der Waals surface area contributed by atoms with Gasteiger partial charge in [0.1, 0.15) is 0 Å². The van der Waals surface area contributed by atoms with Gasteiger partial charge in [-0.2, -0.15) is 0 Å². The van der Waals surface area contributed by atoms with E-state index in [2.05, 4.69) is 50.8 Å². The van der Waals surface area contributed by atoms with Gasteiger partial charge in [0.15, 0.2) is 0 Å². The fraction of sp³-hybridized carbons (Fsp3) is 0.571. The predicted octanol–water partition coefficient (Wildman–Crippen LogP) is 2.65. The van der Waals surface area contributed by atoms with Gasteiger partial charge < -0.3 is 10.0 Å². The number of aryl methyl sites for hydroxylation is 2. The number of aliphatic hydroxyl groups excluding tert-OH is 1. The molecule has 1 N–H and O–H groups in total. The zero-order valence-corrected chi connectivity index (χ0v) is 10.6. The second kappa shape index (κ2) is 3.77. The second-order valence-corrected chi connectivity index (χ2v) is 5.38. The monoisotopic (exact) mass is 219 g/mol. The summed E-state index contributed by atoms with van der Waals surface area (Å²) in [7, 11) is 0. The van der Waals surface area contributed by atoms with Gasteiger partial charge in [-0.05, 0) is 57.4 Å². The van der Waals surface area contributed by atoms with E-state index in [1.165, 1.54) is 16.8 Å². The molecule has 1 unspecified atom stereocenters. The van der Waals surface area contributed by atoms with E-state index in [9.17, 15) is 5.11 Å². The van der Waals surface area contributed by atoms with Crippen LogP contribution in [0.4, 0.5) is 5.69 Å². The van der Waals surface area contributed by atoms with Gasteiger partial charge in [-0.3, -0.25) is 0 Å². The summed E-state index contributed by atoms with van der Waals surface area (Å²) in [5.41, 5.74) is 3.71. The maximum absolute atomic E-state index is 9.97. The molecule has 0 bridgehead atoms. The van der Waals surface area contributed by atoms with E-state index in [-0.39, 0.29) is 11.6 Å². The van der Waals surface area contributed by atoms with E-state index in [1.807, 2.05) is 0 Å². The maximum atomic E-state index is 9.97. The van der Waals surface area contributed by atoms with Crippen LogP contribution < -0.4 is 4.90 Å². The Morgan fingerprint density at radius 2 is 1.94 bits per heavy atom. The van der Waals surface area contributed by atoms with Crippen LogP contribution in [-0.2, 0) is 0 Å². The van der Waals surface area contributed by atoms with Crippen LogP contribution in [0.25, 0.3) is 0 Å². The number of hydrogen-bond acceptors (Lipinski definition) is 2. The Balaban J connectivity index is 2.35. The minimum absolute atomic E-state index is 0.151. The topological polar surface area (TPSA) is 23.5 Å². The molecule has 16 heavy (non-hydrogen) atoms. The fourth-order valence-electron chi connectivity index (χ4n) is 2.43. The molecule has 88 valence electrons. The lowest BCUT2D eigenvalue weighted by atomic mass is 9.98. The molecule has 1 saturated heterocycles. The standard InChI is InChI=1S/C14H21NO/c1-10-5-6-12(9-11(10)2)15-8-7-13(16)14(15,3)4/h5-6,9,13,16H,7-8H2,1-4H3. The van der Waals surface area contributed by atoms with Crippen molar-refractivity contribution in [3.63, 3.8) is 0 Å². The molecule has 0 aliphatic carbocycles. The summed E-state index contributed by atoms with van der Waals surface area (Å²) in [6, 6.07) is 6.53. The van der Waals surface area contributed by atoms with Gasteiger partial charge in [0.05, 0.1) is 11.6 Å². The van der Waals surface area contributed by atoms with Crippen LogP contribution in [0.2, 0.25) is 0 Å². The summed E-state index contributed by atoms with van der Waals surface area (Å²) in [6.07, 6.45) is 0.633. The van der Waals surface area contributed by atoms with Crippen molar-refractivity contribution in [3.05, 3.63) is 29.3 Å². The Hall–Kier alpha value is -1.02. The predicted molar refractivity (Wildman–Crippen MR) is 68.0 cm³/mol. The van der Waals surface area contributed by atoms with E-state index in [0.717, 1.165) is 13.0 Å². The molecular weight excluding hydrogens is 198 g/mol. The lowest BCUT2D eigenvalue weighted by Gasteiger charge is -2.36. The average Bonchev–Trinajstić information content (AvgIpc) is 2.47. The molecule has 2 rings (SSSR count). The first-order valence-electron chi connectivity index (χ1n) is 5.96. The highest BCUT2D eigenvalue weighted by atomic mass is 16.3. The first kappa shape index (κ1) is 11.5. The highest BCUT2D eigenvalue weighted by molar-refractivity contribution is 5.54. The van der Waals surface area contributed by atoms with Crippen molar-refractivity contribution in [2.24, 2.45) is 0 Å². The van der Waals surface area contributed by atoms with Crippen molar-refractivity contribution < 1.29 is 5.11 Å². The van der Waals surface area contributed by atoms with Crippen molar-refractivity contribution >= 4 is 5.69 Å². The number of hydrogen-bond donors (Lipinski definition) is 1. The molecule has 2 nitrogen and oxygen atoms in total. The van der Waals surface area contributed by atoms with Crippen LogP contribution in [-0.4, -0.2) is 23.3 Å². The van der Waals surface area contributed by atoms with Crippen molar-refractivity contribution in [3.8, 4) is 0 Å².